The van der Waals surface area contributed by atoms with Crippen molar-refractivity contribution in [3.05, 3.63) is 53.6 Å². The van der Waals surface area contributed by atoms with Crippen LogP contribution in [0.15, 0.2) is 42.5 Å². The fraction of sp³-hybridized carbons (Fsp3) is 0.381. The number of ether oxygens (including phenoxy) is 1. The van der Waals surface area contributed by atoms with E-state index >= 15 is 0 Å². The maximum absolute atomic E-state index is 12.4. The number of benzene rings is 2. The number of methoxy groups -OCH3 is 1. The van der Waals surface area contributed by atoms with Crippen LogP contribution in [0.5, 0.6) is 5.75 Å². The molecule has 3 rings (SSSR count). The first-order valence-electron chi connectivity index (χ1n) is 9.01. The minimum atomic E-state index is -0.00917. The summed E-state index contributed by atoms with van der Waals surface area (Å²) in [7, 11) is 3.79. The van der Waals surface area contributed by atoms with E-state index in [4.69, 9.17) is 4.74 Å². The number of aryl methyl sites for hydroxylation is 1. The van der Waals surface area contributed by atoms with Crippen molar-refractivity contribution in [2.24, 2.45) is 0 Å². The van der Waals surface area contributed by atoms with Crippen molar-refractivity contribution in [3.63, 3.8) is 0 Å². The first-order chi connectivity index (χ1) is 12.5. The summed E-state index contributed by atoms with van der Waals surface area (Å²) >= 11 is 0. The summed E-state index contributed by atoms with van der Waals surface area (Å²) in [5.74, 6) is 0.787. The summed E-state index contributed by atoms with van der Waals surface area (Å²) in [5, 5.41) is 3.04. The minimum Gasteiger partial charge on any atom is -0.497 e. The molecule has 0 bridgehead atoms. The molecular weight excluding hydrogens is 326 g/mol. The average molecular weight is 353 g/mol. The van der Waals surface area contributed by atoms with Gasteiger partial charge in [-0.25, -0.2) is 0 Å². The third kappa shape index (κ3) is 4.76. The van der Waals surface area contributed by atoms with Crippen LogP contribution >= 0.6 is 0 Å². The number of rotatable bonds is 5. The zero-order chi connectivity index (χ0) is 18.5. The highest BCUT2D eigenvalue weighted by atomic mass is 16.5. The lowest BCUT2D eigenvalue weighted by Gasteiger charge is -2.34. The summed E-state index contributed by atoms with van der Waals surface area (Å²) in [5.41, 5.74) is 4.16. The lowest BCUT2D eigenvalue weighted by molar-refractivity contribution is -0.115. The lowest BCUT2D eigenvalue weighted by atomic mass is 10.1. The van der Waals surface area contributed by atoms with Crippen molar-refractivity contribution in [1.29, 1.82) is 0 Å². The van der Waals surface area contributed by atoms with Crippen molar-refractivity contribution < 1.29 is 9.53 Å². The van der Waals surface area contributed by atoms with E-state index in [1.807, 2.05) is 30.3 Å². The zero-order valence-corrected chi connectivity index (χ0v) is 15.8. The number of carbonyl (C=O) groups excluding carboxylic acids is 1. The standard InChI is InChI=1S/C21H27N3O2/c1-16-12-18(15-19(13-16)24-10-8-23(2)9-11-24)22-21(25)14-17-4-6-20(26-3)7-5-17/h4-7,12-13,15H,8-11,14H2,1-3H3,(H,22,25). The zero-order valence-electron chi connectivity index (χ0n) is 15.8. The van der Waals surface area contributed by atoms with Crippen molar-refractivity contribution in [1.82, 2.24) is 4.90 Å². The fourth-order valence-corrected chi connectivity index (χ4v) is 3.22. The van der Waals surface area contributed by atoms with Gasteiger partial charge in [-0.3, -0.25) is 4.79 Å². The van der Waals surface area contributed by atoms with Gasteiger partial charge in [-0.15, -0.1) is 0 Å². The number of carbonyl (C=O) groups is 1. The molecular formula is C21H27N3O2. The van der Waals surface area contributed by atoms with Crippen molar-refractivity contribution >= 4 is 17.3 Å². The van der Waals surface area contributed by atoms with Crippen LogP contribution in [0.25, 0.3) is 0 Å². The molecule has 0 radical (unpaired) electrons. The summed E-state index contributed by atoms with van der Waals surface area (Å²) < 4.78 is 5.15. The molecule has 0 aliphatic carbocycles. The molecule has 1 heterocycles. The van der Waals surface area contributed by atoms with Gasteiger partial charge >= 0.3 is 0 Å². The van der Waals surface area contributed by atoms with E-state index in [-0.39, 0.29) is 5.91 Å². The monoisotopic (exact) mass is 353 g/mol. The molecule has 1 fully saturated rings. The number of hydrogen-bond acceptors (Lipinski definition) is 4. The van der Waals surface area contributed by atoms with Crippen molar-refractivity contribution in [3.8, 4) is 5.75 Å². The number of nitrogens with one attached hydrogen (secondary N) is 1. The van der Waals surface area contributed by atoms with Crippen molar-refractivity contribution in [2.75, 3.05) is 50.6 Å². The molecule has 5 nitrogen and oxygen atoms in total. The highest BCUT2D eigenvalue weighted by Crippen LogP contribution is 2.23. The molecule has 0 unspecified atom stereocenters. The number of anilines is 2. The van der Waals surface area contributed by atoms with Gasteiger partial charge in [-0.1, -0.05) is 12.1 Å². The Hall–Kier alpha value is -2.53. The van der Waals surface area contributed by atoms with Crippen LogP contribution in [0, 0.1) is 6.92 Å². The summed E-state index contributed by atoms with van der Waals surface area (Å²) in [4.78, 5) is 17.1. The second-order valence-electron chi connectivity index (χ2n) is 6.92. The second-order valence-corrected chi connectivity index (χ2v) is 6.92. The predicted octanol–water partition coefficient (Wildman–Crippen LogP) is 2.94. The Bertz CT molecular complexity index is 750. The Morgan fingerprint density at radius 1 is 1.08 bits per heavy atom. The Balaban J connectivity index is 1.65. The van der Waals surface area contributed by atoms with Crippen LogP contribution in [-0.4, -0.2) is 51.1 Å². The molecule has 5 heteroatoms. The Morgan fingerprint density at radius 2 is 1.77 bits per heavy atom. The first kappa shape index (κ1) is 18.3. The third-order valence-electron chi connectivity index (χ3n) is 4.74. The van der Waals surface area contributed by atoms with Crippen molar-refractivity contribution in [2.45, 2.75) is 13.3 Å². The molecule has 1 amide bonds. The summed E-state index contributed by atoms with van der Waals surface area (Å²) in [6.07, 6.45) is 0.349. The largest absolute Gasteiger partial charge is 0.497 e. The van der Waals surface area contributed by atoms with E-state index in [9.17, 15) is 4.79 Å². The maximum atomic E-state index is 12.4. The molecule has 1 saturated heterocycles. The molecule has 2 aromatic rings. The van der Waals surface area contributed by atoms with Gasteiger partial charge in [-0.05, 0) is 55.4 Å². The van der Waals surface area contributed by atoms with E-state index in [0.717, 1.165) is 48.7 Å². The topological polar surface area (TPSA) is 44.8 Å². The number of nitrogens with zero attached hydrogens (tertiary/aromatic N) is 2. The maximum Gasteiger partial charge on any atom is 0.228 e. The fourth-order valence-electron chi connectivity index (χ4n) is 3.22. The van der Waals surface area contributed by atoms with Crippen LogP contribution in [0.3, 0.4) is 0 Å². The predicted molar refractivity (Wildman–Crippen MR) is 106 cm³/mol. The third-order valence-corrected chi connectivity index (χ3v) is 4.74. The van der Waals surface area contributed by atoms with E-state index in [2.05, 4.69) is 41.2 Å². The molecule has 2 aromatic carbocycles. The lowest BCUT2D eigenvalue weighted by Crippen LogP contribution is -2.44. The Kier molecular flexibility index (Phi) is 5.78. The number of likely N-dealkylation sites (N-methyl/N-ethyl adjacent to an activating group) is 1. The molecule has 0 atom stereocenters. The quantitative estimate of drug-likeness (QED) is 0.898. The number of hydrogen-bond donors (Lipinski definition) is 1. The normalized spacial score (nSPS) is 15.0. The van der Waals surface area contributed by atoms with Crippen LogP contribution < -0.4 is 15.0 Å². The minimum absolute atomic E-state index is 0.00917. The Labute approximate surface area is 155 Å². The number of piperazine rings is 1. The van der Waals surface area contributed by atoms with Gasteiger partial charge < -0.3 is 19.9 Å². The molecule has 26 heavy (non-hydrogen) atoms. The van der Waals surface area contributed by atoms with Crippen LogP contribution in [0.1, 0.15) is 11.1 Å². The van der Waals surface area contributed by atoms with E-state index in [1.165, 1.54) is 5.69 Å². The molecule has 0 saturated carbocycles. The van der Waals surface area contributed by atoms with Gasteiger partial charge in [0.2, 0.25) is 5.91 Å². The molecule has 1 N–H and O–H groups in total. The Morgan fingerprint density at radius 3 is 2.42 bits per heavy atom. The highest BCUT2D eigenvalue weighted by molar-refractivity contribution is 5.93. The number of amides is 1. The smallest absolute Gasteiger partial charge is 0.228 e. The van der Waals surface area contributed by atoms with E-state index in [0.29, 0.717) is 6.42 Å². The van der Waals surface area contributed by atoms with Gasteiger partial charge in [0.15, 0.2) is 0 Å². The molecule has 138 valence electrons. The van der Waals surface area contributed by atoms with Gasteiger partial charge in [0.1, 0.15) is 5.75 Å². The first-order valence-corrected chi connectivity index (χ1v) is 9.01. The average Bonchev–Trinajstić information content (AvgIpc) is 2.62. The second kappa shape index (κ2) is 8.23. The van der Waals surface area contributed by atoms with Gasteiger partial charge in [0.05, 0.1) is 13.5 Å². The SMILES string of the molecule is COc1ccc(CC(=O)Nc2cc(C)cc(N3CCN(C)CC3)c2)cc1. The van der Waals surface area contributed by atoms with Crippen LogP contribution in [0.4, 0.5) is 11.4 Å². The van der Waals surface area contributed by atoms with Gasteiger partial charge in [-0.2, -0.15) is 0 Å². The summed E-state index contributed by atoms with van der Waals surface area (Å²) in [6.45, 7) is 6.22. The summed E-state index contributed by atoms with van der Waals surface area (Å²) in [6, 6.07) is 13.9. The van der Waals surface area contributed by atoms with Crippen LogP contribution in [-0.2, 0) is 11.2 Å². The van der Waals surface area contributed by atoms with E-state index in [1.54, 1.807) is 7.11 Å². The molecule has 1 aliphatic heterocycles. The highest BCUT2D eigenvalue weighted by Gasteiger charge is 2.15. The molecule has 0 spiro atoms. The van der Waals surface area contributed by atoms with Gasteiger partial charge in [0, 0.05) is 37.6 Å². The van der Waals surface area contributed by atoms with Gasteiger partial charge in [0.25, 0.3) is 0 Å². The van der Waals surface area contributed by atoms with Crippen LogP contribution in [0.2, 0.25) is 0 Å². The molecule has 0 aromatic heterocycles. The molecule has 1 aliphatic rings. The van der Waals surface area contributed by atoms with E-state index < -0.39 is 0 Å².